The Morgan fingerprint density at radius 2 is 1.79 bits per heavy atom. The molecule has 0 aliphatic carbocycles. The maximum atomic E-state index is 11.9. The van der Waals surface area contributed by atoms with Crippen LogP contribution in [0.25, 0.3) is 0 Å². The van der Waals surface area contributed by atoms with Crippen molar-refractivity contribution in [1.82, 2.24) is 4.72 Å². The monoisotopic (exact) mass is 293 g/mol. The molecule has 0 radical (unpaired) electrons. The average Bonchev–Trinajstić information content (AvgIpc) is 2.08. The molecule has 0 fully saturated rings. The summed E-state index contributed by atoms with van der Waals surface area (Å²) < 4.78 is 26.3. The molecule has 114 valence electrons. The summed E-state index contributed by atoms with van der Waals surface area (Å²) in [6.07, 6.45) is 0.695. The number of aliphatic carboxylic acids is 1. The predicted octanol–water partition coefficient (Wildman–Crippen LogP) is 2.09. The molecule has 0 aromatic rings. The van der Waals surface area contributed by atoms with Crippen LogP contribution in [0.3, 0.4) is 0 Å². The van der Waals surface area contributed by atoms with Crippen LogP contribution in [-0.2, 0) is 14.8 Å². The van der Waals surface area contributed by atoms with Gasteiger partial charge in [0.2, 0.25) is 10.0 Å². The van der Waals surface area contributed by atoms with E-state index in [1.54, 1.807) is 0 Å². The number of hydrogen-bond acceptors (Lipinski definition) is 3. The molecule has 1 unspecified atom stereocenters. The lowest BCUT2D eigenvalue weighted by atomic mass is 9.94. The fourth-order valence-corrected chi connectivity index (χ4v) is 3.75. The number of nitrogens with one attached hydrogen (secondary N) is 1. The molecular weight excluding hydrogens is 266 g/mol. The van der Waals surface area contributed by atoms with Gasteiger partial charge in [0, 0.05) is 13.0 Å². The molecule has 1 atom stereocenters. The first-order valence-corrected chi connectivity index (χ1v) is 8.25. The van der Waals surface area contributed by atoms with E-state index < -0.39 is 16.0 Å². The Hall–Kier alpha value is -0.620. The van der Waals surface area contributed by atoms with Gasteiger partial charge in [0.25, 0.3) is 0 Å². The number of sulfonamides is 1. The molecule has 0 amide bonds. The fourth-order valence-electron chi connectivity index (χ4n) is 2.02. The van der Waals surface area contributed by atoms with E-state index in [0.29, 0.717) is 12.3 Å². The van der Waals surface area contributed by atoms with Gasteiger partial charge in [-0.2, -0.15) is 0 Å². The molecule has 0 aliphatic rings. The highest BCUT2D eigenvalue weighted by molar-refractivity contribution is 7.89. The van der Waals surface area contributed by atoms with Gasteiger partial charge >= 0.3 is 5.97 Å². The van der Waals surface area contributed by atoms with Gasteiger partial charge in [0.05, 0.1) is 5.75 Å². The van der Waals surface area contributed by atoms with E-state index in [2.05, 4.69) is 4.72 Å². The molecule has 0 saturated heterocycles. The second-order valence-corrected chi connectivity index (χ2v) is 8.57. The van der Waals surface area contributed by atoms with Crippen molar-refractivity contribution in [2.24, 2.45) is 17.3 Å². The van der Waals surface area contributed by atoms with Crippen molar-refractivity contribution in [3.8, 4) is 0 Å². The summed E-state index contributed by atoms with van der Waals surface area (Å²) >= 11 is 0. The Morgan fingerprint density at radius 1 is 1.26 bits per heavy atom. The number of carboxylic acid groups (broad SMARTS) is 1. The number of carboxylic acids is 1. The van der Waals surface area contributed by atoms with Crippen molar-refractivity contribution in [3.05, 3.63) is 0 Å². The summed E-state index contributed by atoms with van der Waals surface area (Å²) in [5.41, 5.74) is -0.313. The zero-order valence-corrected chi connectivity index (χ0v) is 13.4. The van der Waals surface area contributed by atoms with Crippen LogP contribution in [0, 0.1) is 17.3 Å². The van der Waals surface area contributed by atoms with E-state index in [-0.39, 0.29) is 30.1 Å². The van der Waals surface area contributed by atoms with Crippen molar-refractivity contribution in [2.75, 3.05) is 12.3 Å². The number of carbonyl (C=O) groups is 1. The molecule has 0 aromatic carbocycles. The minimum absolute atomic E-state index is 0.00375. The van der Waals surface area contributed by atoms with Gasteiger partial charge in [-0.1, -0.05) is 34.6 Å². The summed E-state index contributed by atoms with van der Waals surface area (Å²) in [5.74, 6) is -0.661. The summed E-state index contributed by atoms with van der Waals surface area (Å²) in [5, 5.41) is 8.84. The van der Waals surface area contributed by atoms with Crippen molar-refractivity contribution < 1.29 is 18.3 Å². The van der Waals surface area contributed by atoms with Gasteiger partial charge in [-0.05, 0) is 23.7 Å². The largest absolute Gasteiger partial charge is 0.481 e. The highest BCUT2D eigenvalue weighted by Gasteiger charge is 2.23. The molecule has 0 aliphatic heterocycles. The lowest BCUT2D eigenvalue weighted by molar-refractivity contribution is -0.138. The molecule has 0 spiro atoms. The van der Waals surface area contributed by atoms with E-state index in [9.17, 15) is 13.2 Å². The Kier molecular flexibility index (Phi) is 7.00. The smallest absolute Gasteiger partial charge is 0.303 e. The van der Waals surface area contributed by atoms with Crippen LogP contribution >= 0.6 is 0 Å². The first kappa shape index (κ1) is 18.4. The van der Waals surface area contributed by atoms with Crippen LogP contribution in [0.1, 0.15) is 47.5 Å². The molecule has 0 bridgehead atoms. The van der Waals surface area contributed by atoms with Crippen molar-refractivity contribution >= 4 is 16.0 Å². The van der Waals surface area contributed by atoms with Crippen LogP contribution in [0.5, 0.6) is 0 Å². The molecule has 6 heteroatoms. The zero-order valence-electron chi connectivity index (χ0n) is 12.6. The zero-order chi connectivity index (χ0) is 15.3. The third-order valence-electron chi connectivity index (χ3n) is 2.48. The van der Waals surface area contributed by atoms with Gasteiger partial charge in [-0.15, -0.1) is 0 Å². The SMILES string of the molecule is CC(C)CC(CNS(=O)(=O)CC(C)(C)C)CC(=O)O. The standard InChI is InChI=1S/C13H27NO4S/c1-10(2)6-11(7-12(15)16)8-14-19(17,18)9-13(3,4)5/h10-11,14H,6-9H2,1-5H3,(H,15,16). The van der Waals surface area contributed by atoms with Crippen molar-refractivity contribution in [3.63, 3.8) is 0 Å². The van der Waals surface area contributed by atoms with Crippen molar-refractivity contribution in [1.29, 1.82) is 0 Å². The molecular formula is C13H27NO4S. The Morgan fingerprint density at radius 3 is 2.16 bits per heavy atom. The summed E-state index contributed by atoms with van der Waals surface area (Å²) in [7, 11) is -3.35. The quantitative estimate of drug-likeness (QED) is 0.718. The fraction of sp³-hybridized carbons (Fsp3) is 0.923. The van der Waals surface area contributed by atoms with Crippen molar-refractivity contribution in [2.45, 2.75) is 47.5 Å². The molecule has 0 saturated carbocycles. The van der Waals surface area contributed by atoms with Gasteiger partial charge in [0.1, 0.15) is 0 Å². The highest BCUT2D eigenvalue weighted by Crippen LogP contribution is 2.17. The third-order valence-corrected chi connectivity index (χ3v) is 4.34. The molecule has 0 heterocycles. The summed E-state index contributed by atoms with van der Waals surface area (Å²) in [6.45, 7) is 9.76. The van der Waals surface area contributed by atoms with E-state index in [1.807, 2.05) is 34.6 Å². The lowest BCUT2D eigenvalue weighted by Gasteiger charge is -2.21. The molecule has 2 N–H and O–H groups in total. The van der Waals surface area contributed by atoms with Gasteiger partial charge in [-0.3, -0.25) is 4.79 Å². The molecule has 5 nitrogen and oxygen atoms in total. The van der Waals surface area contributed by atoms with E-state index in [4.69, 9.17) is 5.11 Å². The van der Waals surface area contributed by atoms with Crippen LogP contribution in [-0.4, -0.2) is 31.8 Å². The Bertz CT molecular complexity index is 382. The minimum Gasteiger partial charge on any atom is -0.481 e. The topological polar surface area (TPSA) is 83.5 Å². The van der Waals surface area contributed by atoms with Crippen LogP contribution in [0.15, 0.2) is 0 Å². The first-order chi connectivity index (χ1) is 8.41. The first-order valence-electron chi connectivity index (χ1n) is 6.60. The van der Waals surface area contributed by atoms with Crippen LogP contribution in [0.2, 0.25) is 0 Å². The van der Waals surface area contributed by atoms with E-state index in [1.165, 1.54) is 0 Å². The van der Waals surface area contributed by atoms with E-state index in [0.717, 1.165) is 0 Å². The predicted molar refractivity (Wildman–Crippen MR) is 76.4 cm³/mol. The van der Waals surface area contributed by atoms with Gasteiger partial charge < -0.3 is 5.11 Å². The lowest BCUT2D eigenvalue weighted by Crippen LogP contribution is -2.36. The minimum atomic E-state index is -3.35. The molecule has 0 aromatic heterocycles. The number of rotatable bonds is 8. The Balaban J connectivity index is 4.49. The molecule has 19 heavy (non-hydrogen) atoms. The maximum Gasteiger partial charge on any atom is 0.303 e. The van der Waals surface area contributed by atoms with Crippen LogP contribution < -0.4 is 4.72 Å². The van der Waals surface area contributed by atoms with Gasteiger partial charge in [-0.25, -0.2) is 13.1 Å². The highest BCUT2D eigenvalue weighted by atomic mass is 32.2. The maximum absolute atomic E-state index is 11.9. The third kappa shape index (κ3) is 10.9. The second kappa shape index (κ2) is 7.24. The normalized spacial score (nSPS) is 14.6. The van der Waals surface area contributed by atoms with E-state index >= 15 is 0 Å². The van der Waals surface area contributed by atoms with Gasteiger partial charge in [0.15, 0.2) is 0 Å². The average molecular weight is 293 g/mol. The second-order valence-electron chi connectivity index (χ2n) is 6.76. The van der Waals surface area contributed by atoms with Crippen LogP contribution in [0.4, 0.5) is 0 Å². The Labute approximate surface area is 116 Å². The number of hydrogen-bond donors (Lipinski definition) is 2. The molecule has 0 rings (SSSR count). The summed E-state index contributed by atoms with van der Waals surface area (Å²) in [4.78, 5) is 10.8. The summed E-state index contributed by atoms with van der Waals surface area (Å²) in [6, 6.07) is 0.